The molecule has 1 aromatic rings. The Balaban J connectivity index is 1.53. The number of esters is 1. The molecular weight excluding hydrogens is 370 g/mol. The summed E-state index contributed by atoms with van der Waals surface area (Å²) in [6.07, 6.45) is 3.85. The first kappa shape index (κ1) is 18.6. The molecule has 6 atom stereocenters. The zero-order chi connectivity index (χ0) is 20.6. The monoisotopic (exact) mass is 395 g/mol. The van der Waals surface area contributed by atoms with Crippen LogP contribution in [0.15, 0.2) is 41.6 Å². The molecule has 1 spiro atoms. The number of ketones is 1. The van der Waals surface area contributed by atoms with E-state index in [0.717, 1.165) is 11.1 Å². The zero-order valence-corrected chi connectivity index (χ0v) is 16.8. The van der Waals surface area contributed by atoms with Crippen molar-refractivity contribution in [3.8, 4) is 0 Å². The Morgan fingerprint density at radius 2 is 1.90 bits per heavy atom. The Morgan fingerprint density at radius 3 is 2.62 bits per heavy atom. The smallest absolute Gasteiger partial charge is 0.354 e. The van der Waals surface area contributed by atoms with Gasteiger partial charge in [0.25, 0.3) is 0 Å². The molecule has 6 nitrogen and oxygen atoms in total. The van der Waals surface area contributed by atoms with Crippen LogP contribution >= 0.6 is 0 Å². The number of hydrogen-bond donors (Lipinski definition) is 1. The van der Waals surface area contributed by atoms with Crippen molar-refractivity contribution in [2.45, 2.75) is 57.3 Å². The molecule has 152 valence electrons. The van der Waals surface area contributed by atoms with E-state index in [4.69, 9.17) is 9.57 Å². The van der Waals surface area contributed by atoms with E-state index in [2.05, 4.69) is 5.16 Å². The topological polar surface area (TPSA) is 85.2 Å². The van der Waals surface area contributed by atoms with Crippen LogP contribution in [0, 0.1) is 24.2 Å². The number of carbonyl (C=O) groups excluding carboxylic acids is 2. The summed E-state index contributed by atoms with van der Waals surface area (Å²) in [6, 6.07) is 7.92. The first-order valence-corrected chi connectivity index (χ1v) is 10.2. The first-order chi connectivity index (χ1) is 13.7. The number of carbonyl (C=O) groups is 2. The largest absolute Gasteiger partial charge is 0.458 e. The van der Waals surface area contributed by atoms with E-state index in [-0.39, 0.29) is 17.6 Å². The fraction of sp³-hybridized carbons (Fsp3) is 0.522. The Kier molecular flexibility index (Phi) is 3.70. The predicted molar refractivity (Wildman–Crippen MR) is 105 cm³/mol. The number of allylic oxidation sites excluding steroid dienone is 1. The number of aryl methyl sites for hydroxylation is 1. The summed E-state index contributed by atoms with van der Waals surface area (Å²) in [5.74, 6) is -1.19. The van der Waals surface area contributed by atoms with Crippen molar-refractivity contribution in [3.63, 3.8) is 0 Å². The van der Waals surface area contributed by atoms with Crippen LogP contribution in [0.2, 0.25) is 0 Å². The van der Waals surface area contributed by atoms with Crippen LogP contribution in [0.25, 0.3) is 0 Å². The molecule has 0 bridgehead atoms. The minimum Gasteiger partial charge on any atom is -0.458 e. The van der Waals surface area contributed by atoms with Crippen molar-refractivity contribution < 1.29 is 24.3 Å². The van der Waals surface area contributed by atoms with Crippen LogP contribution in [0.1, 0.15) is 44.2 Å². The second kappa shape index (κ2) is 5.79. The lowest BCUT2D eigenvalue weighted by Gasteiger charge is -2.43. The highest BCUT2D eigenvalue weighted by molar-refractivity contribution is 6.06. The van der Waals surface area contributed by atoms with E-state index in [0.29, 0.717) is 25.0 Å². The van der Waals surface area contributed by atoms with Gasteiger partial charge in [-0.1, -0.05) is 41.9 Å². The standard InChI is InChI=1S/C23H25NO5/c1-13-4-7-15(8-5-13)17-12-22(29-24-17)16-9-6-14(2)23(27)11-10-18(25)21(23,3)19(16)28-20(22)26/h4-5,7-8,10-11,14,16,19,27H,6,9,12H2,1-3H3/t14-,16+,19+,21-,22-,23+/m0/s1. The summed E-state index contributed by atoms with van der Waals surface area (Å²) >= 11 is 0. The lowest BCUT2D eigenvalue weighted by molar-refractivity contribution is -0.169. The van der Waals surface area contributed by atoms with Gasteiger partial charge in [-0.15, -0.1) is 0 Å². The average molecular weight is 395 g/mol. The minimum absolute atomic E-state index is 0.143. The van der Waals surface area contributed by atoms with E-state index < -0.39 is 28.7 Å². The Morgan fingerprint density at radius 1 is 1.17 bits per heavy atom. The van der Waals surface area contributed by atoms with Gasteiger partial charge in [0.1, 0.15) is 17.1 Å². The van der Waals surface area contributed by atoms with Crippen LogP contribution in [0.5, 0.6) is 0 Å². The molecule has 0 amide bonds. The van der Waals surface area contributed by atoms with Crippen LogP contribution in [-0.4, -0.2) is 39.9 Å². The summed E-state index contributed by atoms with van der Waals surface area (Å²) in [6.45, 7) is 5.68. The number of benzene rings is 1. The second-order valence-corrected chi connectivity index (χ2v) is 9.20. The van der Waals surface area contributed by atoms with Gasteiger partial charge in [-0.25, -0.2) is 4.79 Å². The number of rotatable bonds is 1. The van der Waals surface area contributed by atoms with Gasteiger partial charge >= 0.3 is 5.97 Å². The first-order valence-electron chi connectivity index (χ1n) is 10.2. The molecule has 0 unspecified atom stereocenters. The van der Waals surface area contributed by atoms with Gasteiger partial charge in [0, 0.05) is 6.42 Å². The summed E-state index contributed by atoms with van der Waals surface area (Å²) in [4.78, 5) is 31.8. The van der Waals surface area contributed by atoms with Gasteiger partial charge in [0.15, 0.2) is 5.78 Å². The van der Waals surface area contributed by atoms with Crippen LogP contribution < -0.4 is 0 Å². The van der Waals surface area contributed by atoms with Crippen LogP contribution in [0.3, 0.4) is 0 Å². The van der Waals surface area contributed by atoms with Crippen molar-refractivity contribution >= 4 is 17.5 Å². The third kappa shape index (κ3) is 2.18. The molecule has 2 fully saturated rings. The third-order valence-corrected chi connectivity index (χ3v) is 7.74. The quantitative estimate of drug-likeness (QED) is 0.739. The lowest BCUT2D eigenvalue weighted by atomic mass is 9.63. The van der Waals surface area contributed by atoms with Crippen molar-refractivity contribution in [3.05, 3.63) is 47.5 Å². The highest BCUT2D eigenvalue weighted by Crippen LogP contribution is 2.59. The molecule has 2 aliphatic heterocycles. The number of ether oxygens (including phenoxy) is 1. The maximum atomic E-state index is 13.1. The lowest BCUT2D eigenvalue weighted by Crippen LogP contribution is -2.57. The highest BCUT2D eigenvalue weighted by atomic mass is 16.7. The third-order valence-electron chi connectivity index (χ3n) is 7.74. The van der Waals surface area contributed by atoms with Crippen LogP contribution in [-0.2, 0) is 19.2 Å². The van der Waals surface area contributed by atoms with Crippen molar-refractivity contribution in [2.75, 3.05) is 0 Å². The molecule has 4 aliphatic rings. The number of fused-ring (bicyclic) bond motifs is 4. The Labute approximate surface area is 169 Å². The van der Waals surface area contributed by atoms with Gasteiger partial charge in [-0.05, 0) is 50.3 Å². The molecule has 2 heterocycles. The Bertz CT molecular complexity index is 966. The molecule has 29 heavy (non-hydrogen) atoms. The van der Waals surface area contributed by atoms with E-state index >= 15 is 0 Å². The fourth-order valence-corrected chi connectivity index (χ4v) is 5.70. The number of oxime groups is 1. The normalized spacial score (nSPS) is 42.9. The predicted octanol–water partition coefficient (Wildman–Crippen LogP) is 2.71. The van der Waals surface area contributed by atoms with Gasteiger partial charge in [-0.3, -0.25) is 4.79 Å². The van der Waals surface area contributed by atoms with Crippen molar-refractivity contribution in [2.24, 2.45) is 22.4 Å². The van der Waals surface area contributed by atoms with Gasteiger partial charge in [0.05, 0.1) is 11.6 Å². The number of nitrogens with zero attached hydrogens (tertiary/aromatic N) is 1. The summed E-state index contributed by atoms with van der Waals surface area (Å²) < 4.78 is 5.83. The van der Waals surface area contributed by atoms with Gasteiger partial charge in [-0.2, -0.15) is 0 Å². The fourth-order valence-electron chi connectivity index (χ4n) is 5.70. The molecule has 1 saturated carbocycles. The molecule has 1 N–H and O–H groups in total. The van der Waals surface area contributed by atoms with E-state index in [1.165, 1.54) is 6.08 Å². The molecule has 5 rings (SSSR count). The van der Waals surface area contributed by atoms with E-state index in [1.54, 1.807) is 13.0 Å². The molecule has 6 heteroatoms. The maximum absolute atomic E-state index is 13.1. The number of aliphatic hydroxyl groups is 1. The molecular formula is C23H25NO5. The second-order valence-electron chi connectivity index (χ2n) is 9.20. The van der Waals surface area contributed by atoms with E-state index in [9.17, 15) is 14.7 Å². The molecule has 1 saturated heterocycles. The zero-order valence-electron chi connectivity index (χ0n) is 16.8. The molecule has 0 aromatic heterocycles. The average Bonchev–Trinajstić information content (AvgIpc) is 3.32. The Hall–Kier alpha value is -2.47. The molecule has 2 aliphatic carbocycles. The number of hydrogen-bond acceptors (Lipinski definition) is 6. The minimum atomic E-state index is -1.34. The molecule has 0 radical (unpaired) electrons. The van der Waals surface area contributed by atoms with E-state index in [1.807, 2.05) is 38.1 Å². The van der Waals surface area contributed by atoms with Crippen LogP contribution in [0.4, 0.5) is 0 Å². The highest BCUT2D eigenvalue weighted by Gasteiger charge is 2.73. The van der Waals surface area contributed by atoms with Crippen molar-refractivity contribution in [1.29, 1.82) is 0 Å². The maximum Gasteiger partial charge on any atom is 0.354 e. The van der Waals surface area contributed by atoms with Gasteiger partial charge in [0.2, 0.25) is 5.60 Å². The molecule has 1 aromatic carbocycles. The summed E-state index contributed by atoms with van der Waals surface area (Å²) in [5.41, 5.74) is -1.04. The SMILES string of the molecule is Cc1ccc(C2=NO[C@]3(C2)C(=O)O[C@@H]2[C@H]3CC[C@H](C)[C@]3(O)C=CC(=O)[C@@]23C)cc1. The van der Waals surface area contributed by atoms with Crippen molar-refractivity contribution in [1.82, 2.24) is 0 Å². The summed E-state index contributed by atoms with van der Waals surface area (Å²) in [7, 11) is 0. The summed E-state index contributed by atoms with van der Waals surface area (Å²) in [5, 5.41) is 15.7. The van der Waals surface area contributed by atoms with Gasteiger partial charge < -0.3 is 14.7 Å².